The quantitative estimate of drug-likeness (QED) is 0.855. The molecule has 1 spiro atoms. The van der Waals surface area contributed by atoms with Crippen molar-refractivity contribution in [2.24, 2.45) is 5.41 Å². The van der Waals surface area contributed by atoms with Crippen LogP contribution < -0.4 is 4.90 Å². The average molecular weight is 305 g/mol. The van der Waals surface area contributed by atoms with Gasteiger partial charge in [0.15, 0.2) is 11.5 Å². The normalized spacial score (nSPS) is 25.8. The minimum absolute atomic E-state index is 0.0670. The van der Waals surface area contributed by atoms with Crippen molar-refractivity contribution in [3.05, 3.63) is 18.0 Å². The molecule has 1 saturated heterocycles. The molecule has 0 N–H and O–H groups in total. The van der Waals surface area contributed by atoms with Gasteiger partial charge in [-0.05, 0) is 37.8 Å². The van der Waals surface area contributed by atoms with Crippen molar-refractivity contribution in [2.45, 2.75) is 43.9 Å². The molecule has 5 nitrogen and oxygen atoms in total. The molecule has 1 aliphatic heterocycles. The van der Waals surface area contributed by atoms with E-state index in [2.05, 4.69) is 20.2 Å². The first-order chi connectivity index (χ1) is 10.6. The van der Waals surface area contributed by atoms with Crippen LogP contribution in [0.4, 0.5) is 14.6 Å². The number of piperidine rings is 1. The highest BCUT2D eigenvalue weighted by Gasteiger charge is 2.70. The predicted octanol–water partition coefficient (Wildman–Crippen LogP) is 2.63. The zero-order valence-electron chi connectivity index (χ0n) is 12.2. The number of fused-ring (bicyclic) bond motifs is 1. The van der Waals surface area contributed by atoms with E-state index in [-0.39, 0.29) is 6.42 Å². The van der Waals surface area contributed by atoms with E-state index in [0.29, 0.717) is 31.8 Å². The lowest BCUT2D eigenvalue weighted by Gasteiger charge is -2.32. The van der Waals surface area contributed by atoms with Gasteiger partial charge in [0.2, 0.25) is 0 Å². The first-order valence-corrected chi connectivity index (χ1v) is 7.93. The van der Waals surface area contributed by atoms with Crippen LogP contribution in [-0.2, 0) is 0 Å². The molecule has 0 atom stereocenters. The van der Waals surface area contributed by atoms with Crippen LogP contribution in [0.3, 0.4) is 0 Å². The number of nitrogens with zero attached hydrogens (tertiary/aromatic N) is 5. The first-order valence-electron chi connectivity index (χ1n) is 7.93. The van der Waals surface area contributed by atoms with Gasteiger partial charge in [0.1, 0.15) is 5.82 Å². The summed E-state index contributed by atoms with van der Waals surface area (Å²) in [6, 6.07) is 3.83. The van der Waals surface area contributed by atoms with Crippen molar-refractivity contribution < 1.29 is 8.78 Å². The van der Waals surface area contributed by atoms with Crippen LogP contribution in [0, 0.1) is 5.41 Å². The number of halogens is 2. The van der Waals surface area contributed by atoms with Crippen molar-refractivity contribution in [3.8, 4) is 0 Å². The van der Waals surface area contributed by atoms with Gasteiger partial charge < -0.3 is 4.90 Å². The van der Waals surface area contributed by atoms with Gasteiger partial charge in [0, 0.05) is 30.8 Å². The number of anilines is 1. The van der Waals surface area contributed by atoms with Crippen LogP contribution in [0.2, 0.25) is 0 Å². The molecule has 0 amide bonds. The molecule has 0 bridgehead atoms. The Morgan fingerprint density at radius 2 is 1.82 bits per heavy atom. The van der Waals surface area contributed by atoms with Gasteiger partial charge >= 0.3 is 0 Å². The fourth-order valence-electron chi connectivity index (χ4n) is 3.65. The molecular formula is C15H17F2N5. The minimum atomic E-state index is -2.44. The highest BCUT2D eigenvalue weighted by atomic mass is 19.3. The molecule has 2 saturated carbocycles. The third-order valence-corrected chi connectivity index (χ3v) is 5.47. The zero-order valence-corrected chi connectivity index (χ0v) is 12.2. The van der Waals surface area contributed by atoms with Gasteiger partial charge in [-0.1, -0.05) is 0 Å². The highest BCUT2D eigenvalue weighted by molar-refractivity contribution is 5.47. The third kappa shape index (κ3) is 1.71. The molecule has 3 heterocycles. The molecular weight excluding hydrogens is 288 g/mol. The van der Waals surface area contributed by atoms with E-state index >= 15 is 0 Å². The van der Waals surface area contributed by atoms with Gasteiger partial charge in [0.05, 0.1) is 0 Å². The Bertz CT molecular complexity index is 743. The fourth-order valence-corrected chi connectivity index (χ4v) is 3.65. The van der Waals surface area contributed by atoms with Crippen LogP contribution in [0.15, 0.2) is 12.1 Å². The van der Waals surface area contributed by atoms with E-state index in [1.165, 1.54) is 0 Å². The van der Waals surface area contributed by atoms with Crippen LogP contribution in [0.25, 0.3) is 5.65 Å². The second-order valence-electron chi connectivity index (χ2n) is 6.94. The number of rotatable bonds is 2. The first kappa shape index (κ1) is 12.7. The Kier molecular flexibility index (Phi) is 2.28. The summed E-state index contributed by atoms with van der Waals surface area (Å²) in [6.45, 7) is 1.30. The van der Waals surface area contributed by atoms with E-state index in [1.54, 1.807) is 0 Å². The molecule has 0 radical (unpaired) electrons. The summed E-state index contributed by atoms with van der Waals surface area (Å²) in [5, 5.41) is 13.0. The molecule has 5 rings (SSSR count). The fraction of sp³-hybridized carbons (Fsp3) is 0.667. The maximum absolute atomic E-state index is 13.5. The molecule has 3 fully saturated rings. The van der Waals surface area contributed by atoms with E-state index in [1.807, 2.05) is 16.6 Å². The highest BCUT2D eigenvalue weighted by Crippen LogP contribution is 2.65. The average Bonchev–Trinajstić information content (AvgIpc) is 3.38. The molecule has 116 valence electrons. The number of hydrogen-bond donors (Lipinski definition) is 0. The zero-order chi connectivity index (χ0) is 14.9. The molecule has 0 aromatic carbocycles. The lowest BCUT2D eigenvalue weighted by atomic mass is 9.93. The standard InChI is InChI=1S/C15H17F2N5/c16-15(17)9-14(15)5-7-21(8-6-14)12-4-3-11-18-19-13(10-1-2-10)22(11)20-12/h3-4,10H,1-2,5-9H2. The Morgan fingerprint density at radius 1 is 1.09 bits per heavy atom. The second kappa shape index (κ2) is 3.94. The lowest BCUT2D eigenvalue weighted by molar-refractivity contribution is 0.0536. The van der Waals surface area contributed by atoms with Gasteiger partial charge in [-0.3, -0.25) is 0 Å². The molecule has 2 aromatic rings. The summed E-state index contributed by atoms with van der Waals surface area (Å²) in [5.41, 5.74) is 0.0384. The van der Waals surface area contributed by atoms with E-state index in [4.69, 9.17) is 0 Å². The summed E-state index contributed by atoms with van der Waals surface area (Å²) in [4.78, 5) is 2.11. The maximum Gasteiger partial charge on any atom is 0.254 e. The maximum atomic E-state index is 13.5. The Labute approximate surface area is 126 Å². The van der Waals surface area contributed by atoms with Crippen molar-refractivity contribution >= 4 is 11.5 Å². The third-order valence-electron chi connectivity index (χ3n) is 5.47. The van der Waals surface area contributed by atoms with E-state index in [9.17, 15) is 8.78 Å². The largest absolute Gasteiger partial charge is 0.355 e. The molecule has 22 heavy (non-hydrogen) atoms. The molecule has 2 aliphatic carbocycles. The molecule has 0 unspecified atom stereocenters. The van der Waals surface area contributed by atoms with Crippen molar-refractivity contribution in [2.75, 3.05) is 18.0 Å². The van der Waals surface area contributed by atoms with Crippen LogP contribution in [0.5, 0.6) is 0 Å². The summed E-state index contributed by atoms with van der Waals surface area (Å²) in [6.07, 6.45) is 3.47. The van der Waals surface area contributed by atoms with Gasteiger partial charge in [-0.25, -0.2) is 8.78 Å². The smallest absolute Gasteiger partial charge is 0.254 e. The monoisotopic (exact) mass is 305 g/mol. The van der Waals surface area contributed by atoms with Crippen molar-refractivity contribution in [1.82, 2.24) is 19.8 Å². The Balaban J connectivity index is 1.41. The number of aromatic nitrogens is 4. The number of hydrogen-bond acceptors (Lipinski definition) is 4. The molecule has 2 aromatic heterocycles. The topological polar surface area (TPSA) is 46.3 Å². The molecule has 3 aliphatic rings. The van der Waals surface area contributed by atoms with Crippen molar-refractivity contribution in [1.29, 1.82) is 0 Å². The Hall–Kier alpha value is -1.79. The molecule has 7 heteroatoms. The summed E-state index contributed by atoms with van der Waals surface area (Å²) >= 11 is 0. The predicted molar refractivity (Wildman–Crippen MR) is 76.2 cm³/mol. The second-order valence-corrected chi connectivity index (χ2v) is 6.94. The van der Waals surface area contributed by atoms with E-state index in [0.717, 1.165) is 30.1 Å². The van der Waals surface area contributed by atoms with Gasteiger partial charge in [-0.15, -0.1) is 15.3 Å². The minimum Gasteiger partial charge on any atom is -0.355 e. The van der Waals surface area contributed by atoms with Crippen molar-refractivity contribution in [3.63, 3.8) is 0 Å². The van der Waals surface area contributed by atoms with Gasteiger partial charge in [-0.2, -0.15) is 4.52 Å². The van der Waals surface area contributed by atoms with Crippen LogP contribution >= 0.6 is 0 Å². The summed E-state index contributed by atoms with van der Waals surface area (Å²) in [7, 11) is 0. The SMILES string of the molecule is FC1(F)CC12CCN(c1ccc3nnc(C4CC4)n3n1)CC2. The Morgan fingerprint density at radius 3 is 2.45 bits per heavy atom. The summed E-state index contributed by atoms with van der Waals surface area (Å²) in [5.74, 6) is -0.191. The van der Waals surface area contributed by atoms with E-state index < -0.39 is 11.3 Å². The number of alkyl halides is 2. The van der Waals surface area contributed by atoms with Gasteiger partial charge in [0.25, 0.3) is 5.92 Å². The summed E-state index contributed by atoms with van der Waals surface area (Å²) < 4.78 is 28.7. The van der Waals surface area contributed by atoms with Crippen LogP contribution in [0.1, 0.15) is 43.8 Å². The van der Waals surface area contributed by atoms with Crippen LogP contribution in [-0.4, -0.2) is 38.8 Å². The lowest BCUT2D eigenvalue weighted by Crippen LogP contribution is -2.37.